The number of carbonyl (C=O) groups is 1. The van der Waals surface area contributed by atoms with Gasteiger partial charge in [0.2, 0.25) is 0 Å². The van der Waals surface area contributed by atoms with Crippen molar-refractivity contribution in [2.24, 2.45) is 0 Å². The molecule has 0 saturated carbocycles. The second-order valence-corrected chi connectivity index (χ2v) is 11.7. The number of aryl methyl sites for hydroxylation is 2. The Bertz CT molecular complexity index is 1490. The predicted octanol–water partition coefficient (Wildman–Crippen LogP) is 5.65. The molecule has 0 aliphatic carbocycles. The van der Waals surface area contributed by atoms with E-state index < -0.39 is 10.0 Å². The predicted molar refractivity (Wildman–Crippen MR) is 155 cm³/mol. The normalized spacial score (nSPS) is 14.4. The third-order valence-corrected chi connectivity index (χ3v) is 8.63. The van der Waals surface area contributed by atoms with E-state index in [1.54, 1.807) is 42.5 Å². The Morgan fingerprint density at radius 2 is 1.31 bits per heavy atom. The minimum atomic E-state index is -3.72. The van der Waals surface area contributed by atoms with E-state index in [-0.39, 0.29) is 16.8 Å². The van der Waals surface area contributed by atoms with Crippen LogP contribution in [0.5, 0.6) is 0 Å². The molecule has 0 radical (unpaired) electrons. The summed E-state index contributed by atoms with van der Waals surface area (Å²) in [5, 5.41) is 0. The monoisotopic (exact) mass is 539 g/mol. The first-order valence-corrected chi connectivity index (χ1v) is 14.6. The van der Waals surface area contributed by atoms with Crippen LogP contribution in [0.2, 0.25) is 0 Å². The summed E-state index contributed by atoms with van der Waals surface area (Å²) in [5.41, 5.74) is 5.19. The van der Waals surface area contributed by atoms with Crippen molar-refractivity contribution in [2.45, 2.75) is 24.8 Å². The van der Waals surface area contributed by atoms with Crippen molar-refractivity contribution in [2.75, 3.05) is 30.9 Å². The van der Waals surface area contributed by atoms with E-state index in [0.29, 0.717) is 29.9 Å². The number of hydrogen-bond donors (Lipinski definition) is 1. The number of amides is 1. The first kappa shape index (κ1) is 26.7. The van der Waals surface area contributed by atoms with Gasteiger partial charge in [-0.1, -0.05) is 78.4 Å². The van der Waals surface area contributed by atoms with Gasteiger partial charge < -0.3 is 4.90 Å². The first-order valence-electron chi connectivity index (χ1n) is 13.2. The second-order valence-electron chi connectivity index (χ2n) is 10.0. The van der Waals surface area contributed by atoms with Gasteiger partial charge in [-0.05, 0) is 60.9 Å². The van der Waals surface area contributed by atoms with Crippen LogP contribution in [0.3, 0.4) is 0 Å². The quantitative estimate of drug-likeness (QED) is 0.329. The fraction of sp³-hybridized carbons (Fsp3) is 0.219. The van der Waals surface area contributed by atoms with Crippen molar-refractivity contribution >= 4 is 21.6 Å². The fourth-order valence-corrected chi connectivity index (χ4v) is 6.21. The average molecular weight is 540 g/mol. The third-order valence-electron chi connectivity index (χ3n) is 7.25. The summed E-state index contributed by atoms with van der Waals surface area (Å²) >= 11 is 0. The lowest BCUT2D eigenvalue weighted by Gasteiger charge is -2.40. The maximum Gasteiger partial charge on any atom is 0.261 e. The van der Waals surface area contributed by atoms with Crippen LogP contribution in [0.15, 0.2) is 108 Å². The molecule has 1 aliphatic rings. The number of piperazine rings is 1. The van der Waals surface area contributed by atoms with Gasteiger partial charge in [-0.3, -0.25) is 14.4 Å². The lowest BCUT2D eigenvalue weighted by atomic mass is 9.96. The molecule has 5 rings (SSSR count). The zero-order valence-corrected chi connectivity index (χ0v) is 23.1. The summed E-state index contributed by atoms with van der Waals surface area (Å²) in [5.74, 6) is -0.0401. The Morgan fingerprint density at radius 1 is 0.744 bits per heavy atom. The maximum atomic E-state index is 13.4. The molecule has 1 saturated heterocycles. The van der Waals surface area contributed by atoms with Crippen LogP contribution >= 0.6 is 0 Å². The molecular formula is C32H33N3O3S. The molecule has 7 heteroatoms. The number of rotatable bonds is 7. The molecule has 4 aromatic rings. The molecule has 0 spiro atoms. The van der Waals surface area contributed by atoms with Crippen LogP contribution in [0.25, 0.3) is 0 Å². The van der Waals surface area contributed by atoms with E-state index in [2.05, 4.69) is 58.2 Å². The molecule has 1 fully saturated rings. The highest BCUT2D eigenvalue weighted by Gasteiger charge is 2.28. The molecule has 0 atom stereocenters. The molecule has 1 N–H and O–H groups in total. The average Bonchev–Trinajstić information content (AvgIpc) is 2.96. The number of hydrogen-bond acceptors (Lipinski definition) is 4. The number of benzene rings is 4. The standard InChI is InChI=1S/C32H33N3O3S/c1-24-13-16-29(17-14-24)39(37,38)33-30-18-15-28(23-25(30)2)32(36)35-21-19-34(20-22-35)31(26-9-5-3-6-10-26)27-11-7-4-8-12-27/h3-18,23,31,33H,19-22H2,1-2H3. The molecule has 1 heterocycles. The van der Waals surface area contributed by atoms with E-state index in [1.807, 2.05) is 30.9 Å². The van der Waals surface area contributed by atoms with Crippen molar-refractivity contribution in [3.63, 3.8) is 0 Å². The topological polar surface area (TPSA) is 69.7 Å². The molecule has 1 amide bonds. The van der Waals surface area contributed by atoms with Crippen molar-refractivity contribution in [1.82, 2.24) is 9.80 Å². The highest BCUT2D eigenvalue weighted by atomic mass is 32.2. The molecular weight excluding hydrogens is 506 g/mol. The zero-order valence-electron chi connectivity index (χ0n) is 22.2. The van der Waals surface area contributed by atoms with Crippen LogP contribution in [0, 0.1) is 13.8 Å². The largest absolute Gasteiger partial charge is 0.336 e. The summed E-state index contributed by atoms with van der Waals surface area (Å²) in [6.45, 7) is 6.48. The highest BCUT2D eigenvalue weighted by molar-refractivity contribution is 7.92. The number of anilines is 1. The first-order chi connectivity index (χ1) is 18.8. The zero-order chi connectivity index (χ0) is 27.4. The van der Waals surface area contributed by atoms with Gasteiger partial charge in [-0.15, -0.1) is 0 Å². The van der Waals surface area contributed by atoms with Gasteiger partial charge in [-0.2, -0.15) is 0 Å². The van der Waals surface area contributed by atoms with E-state index in [9.17, 15) is 13.2 Å². The number of nitrogens with zero attached hydrogens (tertiary/aromatic N) is 2. The Hall–Kier alpha value is -3.94. The van der Waals surface area contributed by atoms with Gasteiger partial charge in [0, 0.05) is 31.7 Å². The van der Waals surface area contributed by atoms with Crippen LogP contribution in [0.4, 0.5) is 5.69 Å². The van der Waals surface area contributed by atoms with Crippen molar-refractivity contribution in [3.8, 4) is 0 Å². The van der Waals surface area contributed by atoms with Crippen molar-refractivity contribution in [1.29, 1.82) is 0 Å². The lowest BCUT2D eigenvalue weighted by molar-refractivity contribution is 0.0597. The Kier molecular flexibility index (Phi) is 7.82. The van der Waals surface area contributed by atoms with E-state index in [1.165, 1.54) is 11.1 Å². The van der Waals surface area contributed by atoms with E-state index in [4.69, 9.17) is 0 Å². The highest BCUT2D eigenvalue weighted by Crippen LogP contribution is 2.30. The summed E-state index contributed by atoms with van der Waals surface area (Å²) in [6.07, 6.45) is 0. The van der Waals surface area contributed by atoms with Gasteiger partial charge in [0.1, 0.15) is 0 Å². The smallest absolute Gasteiger partial charge is 0.261 e. The summed E-state index contributed by atoms with van der Waals surface area (Å²) in [6, 6.07) is 32.9. The van der Waals surface area contributed by atoms with Gasteiger partial charge in [0.15, 0.2) is 0 Å². The SMILES string of the molecule is Cc1ccc(S(=O)(=O)Nc2ccc(C(=O)N3CCN(C(c4ccccc4)c4ccccc4)CC3)cc2C)cc1. The molecule has 200 valence electrons. The molecule has 39 heavy (non-hydrogen) atoms. The van der Waals surface area contributed by atoms with Gasteiger partial charge >= 0.3 is 0 Å². The molecule has 4 aromatic carbocycles. The van der Waals surface area contributed by atoms with E-state index in [0.717, 1.165) is 18.7 Å². The summed E-state index contributed by atoms with van der Waals surface area (Å²) < 4.78 is 28.3. The molecule has 0 bridgehead atoms. The minimum Gasteiger partial charge on any atom is -0.336 e. The Balaban J connectivity index is 1.27. The van der Waals surface area contributed by atoms with Gasteiger partial charge in [-0.25, -0.2) is 8.42 Å². The number of carbonyl (C=O) groups excluding carboxylic acids is 1. The molecule has 1 aliphatic heterocycles. The summed E-state index contributed by atoms with van der Waals surface area (Å²) in [4.78, 5) is 17.9. The molecule has 0 unspecified atom stereocenters. The number of nitrogens with one attached hydrogen (secondary N) is 1. The van der Waals surface area contributed by atoms with E-state index >= 15 is 0 Å². The van der Waals surface area contributed by atoms with Crippen LogP contribution in [0.1, 0.15) is 38.7 Å². The fourth-order valence-electron chi connectivity index (χ4n) is 5.08. The minimum absolute atomic E-state index is 0.0401. The second kappa shape index (κ2) is 11.4. The molecule has 0 aromatic heterocycles. The van der Waals surface area contributed by atoms with Crippen LogP contribution in [-0.2, 0) is 10.0 Å². The van der Waals surface area contributed by atoms with Gasteiger partial charge in [0.25, 0.3) is 15.9 Å². The Morgan fingerprint density at radius 3 is 1.85 bits per heavy atom. The van der Waals surface area contributed by atoms with Crippen molar-refractivity contribution in [3.05, 3.63) is 131 Å². The molecule has 6 nitrogen and oxygen atoms in total. The third kappa shape index (κ3) is 6.05. The Labute approximate surface area is 231 Å². The van der Waals surface area contributed by atoms with Gasteiger partial charge in [0.05, 0.1) is 16.6 Å². The van der Waals surface area contributed by atoms with Crippen molar-refractivity contribution < 1.29 is 13.2 Å². The summed E-state index contributed by atoms with van der Waals surface area (Å²) in [7, 11) is -3.72. The lowest BCUT2D eigenvalue weighted by Crippen LogP contribution is -2.49. The van der Waals surface area contributed by atoms with Crippen LogP contribution in [-0.4, -0.2) is 50.3 Å². The maximum absolute atomic E-state index is 13.4. The number of sulfonamides is 1. The van der Waals surface area contributed by atoms with Crippen LogP contribution < -0.4 is 4.72 Å².